The molecule has 0 radical (unpaired) electrons. The Morgan fingerprint density at radius 1 is 1.06 bits per heavy atom. The van der Waals surface area contributed by atoms with Crippen LogP contribution in [0.4, 0.5) is 0 Å². The Morgan fingerprint density at radius 2 is 1.78 bits per heavy atom. The summed E-state index contributed by atoms with van der Waals surface area (Å²) in [6.45, 7) is 4.40. The number of hydrogen-bond acceptors (Lipinski definition) is 2. The Hall–Kier alpha value is -0.0800. The number of aliphatic hydroxyl groups excluding tert-OH is 1. The maximum absolute atomic E-state index is 10.1. The predicted octanol–water partition coefficient (Wildman–Crippen LogP) is 4.45. The molecule has 0 aromatic rings. The van der Waals surface area contributed by atoms with Gasteiger partial charge in [0.2, 0.25) is 0 Å². The molecule has 0 aromatic heterocycles. The Labute approximate surface area is 113 Å². The molecule has 2 nitrogen and oxygen atoms in total. The van der Waals surface area contributed by atoms with E-state index in [-0.39, 0.29) is 12.2 Å². The number of unbranched alkanes of at least 4 members (excludes halogenated alkanes) is 3. The van der Waals surface area contributed by atoms with Crippen molar-refractivity contribution in [2.45, 2.75) is 103 Å². The fraction of sp³-hybridized carbons (Fsp3) is 1.00. The molecule has 1 aliphatic rings. The van der Waals surface area contributed by atoms with Gasteiger partial charge in [-0.2, -0.15) is 0 Å². The summed E-state index contributed by atoms with van der Waals surface area (Å²) in [5.41, 5.74) is 0. The normalized spacial score (nSPS) is 27.5. The highest BCUT2D eigenvalue weighted by Crippen LogP contribution is 2.22. The number of aliphatic hydroxyl groups is 1. The third-order valence-electron chi connectivity index (χ3n) is 4.04. The van der Waals surface area contributed by atoms with Gasteiger partial charge < -0.3 is 9.84 Å². The van der Waals surface area contributed by atoms with Crippen LogP contribution in [0.1, 0.15) is 84.5 Å². The first kappa shape index (κ1) is 16.0. The van der Waals surface area contributed by atoms with E-state index in [0.29, 0.717) is 6.10 Å². The zero-order chi connectivity index (χ0) is 13.2. The van der Waals surface area contributed by atoms with E-state index in [1.807, 2.05) is 0 Å². The third-order valence-corrected chi connectivity index (χ3v) is 4.04. The Morgan fingerprint density at radius 3 is 2.50 bits per heavy atom. The Balaban J connectivity index is 2.20. The first-order chi connectivity index (χ1) is 8.74. The van der Waals surface area contributed by atoms with Crippen LogP contribution in [-0.2, 0) is 4.74 Å². The minimum atomic E-state index is -0.233. The highest BCUT2D eigenvalue weighted by molar-refractivity contribution is 4.73. The van der Waals surface area contributed by atoms with Crippen LogP contribution >= 0.6 is 0 Å². The molecule has 3 unspecified atom stereocenters. The molecule has 1 saturated carbocycles. The SMILES string of the molecule is CCCCCCC(C)OC1CCCCCCC1O. The minimum absolute atomic E-state index is 0.0893. The zero-order valence-corrected chi connectivity index (χ0v) is 12.4. The van der Waals surface area contributed by atoms with Gasteiger partial charge in [0.05, 0.1) is 18.3 Å². The van der Waals surface area contributed by atoms with E-state index in [0.717, 1.165) is 25.7 Å². The lowest BCUT2D eigenvalue weighted by atomic mass is 9.96. The van der Waals surface area contributed by atoms with Crippen molar-refractivity contribution < 1.29 is 9.84 Å². The summed E-state index contributed by atoms with van der Waals surface area (Å²) in [5.74, 6) is 0. The summed E-state index contributed by atoms with van der Waals surface area (Å²) in [4.78, 5) is 0. The number of ether oxygens (including phenoxy) is 1. The summed E-state index contributed by atoms with van der Waals surface area (Å²) >= 11 is 0. The zero-order valence-electron chi connectivity index (χ0n) is 12.4. The van der Waals surface area contributed by atoms with Crippen LogP contribution in [0.5, 0.6) is 0 Å². The van der Waals surface area contributed by atoms with Crippen molar-refractivity contribution in [3.8, 4) is 0 Å². The van der Waals surface area contributed by atoms with E-state index >= 15 is 0 Å². The van der Waals surface area contributed by atoms with Crippen molar-refractivity contribution in [1.29, 1.82) is 0 Å². The van der Waals surface area contributed by atoms with Crippen LogP contribution in [0.3, 0.4) is 0 Å². The summed E-state index contributed by atoms with van der Waals surface area (Å²) in [7, 11) is 0. The Kier molecular flexibility index (Phi) is 8.70. The van der Waals surface area contributed by atoms with Gasteiger partial charge in [-0.15, -0.1) is 0 Å². The average Bonchev–Trinajstić information content (AvgIpc) is 2.34. The third kappa shape index (κ3) is 6.75. The van der Waals surface area contributed by atoms with Gasteiger partial charge in [-0.05, 0) is 26.2 Å². The van der Waals surface area contributed by atoms with Crippen molar-refractivity contribution >= 4 is 0 Å². The second-order valence-electron chi connectivity index (χ2n) is 5.89. The molecule has 3 atom stereocenters. The fourth-order valence-electron chi connectivity index (χ4n) is 2.81. The molecular formula is C16H32O2. The van der Waals surface area contributed by atoms with Crippen molar-refractivity contribution in [2.75, 3.05) is 0 Å². The van der Waals surface area contributed by atoms with Gasteiger partial charge in [-0.25, -0.2) is 0 Å². The van der Waals surface area contributed by atoms with Gasteiger partial charge >= 0.3 is 0 Å². The van der Waals surface area contributed by atoms with Crippen LogP contribution in [0, 0.1) is 0 Å². The van der Waals surface area contributed by atoms with E-state index in [1.54, 1.807) is 0 Å². The molecule has 0 heterocycles. The maximum atomic E-state index is 10.1. The molecule has 0 saturated heterocycles. The largest absolute Gasteiger partial charge is 0.390 e. The molecule has 108 valence electrons. The molecule has 0 aromatic carbocycles. The van der Waals surface area contributed by atoms with Gasteiger partial charge in [0.15, 0.2) is 0 Å². The molecule has 18 heavy (non-hydrogen) atoms. The molecule has 1 fully saturated rings. The molecule has 0 aliphatic heterocycles. The van der Waals surface area contributed by atoms with Crippen LogP contribution in [0.15, 0.2) is 0 Å². The minimum Gasteiger partial charge on any atom is -0.390 e. The summed E-state index contributed by atoms with van der Waals surface area (Å²) in [6, 6.07) is 0. The summed E-state index contributed by atoms with van der Waals surface area (Å²) < 4.78 is 6.07. The molecule has 0 spiro atoms. The average molecular weight is 256 g/mol. The molecule has 1 rings (SSSR count). The first-order valence-electron chi connectivity index (χ1n) is 8.07. The predicted molar refractivity (Wildman–Crippen MR) is 76.8 cm³/mol. The standard InChI is InChI=1S/C16H32O2/c1-3-4-5-8-11-14(2)18-16-13-10-7-6-9-12-15(16)17/h14-17H,3-13H2,1-2H3. The van der Waals surface area contributed by atoms with Crippen molar-refractivity contribution in [3.05, 3.63) is 0 Å². The monoisotopic (exact) mass is 256 g/mol. The lowest BCUT2D eigenvalue weighted by Gasteiger charge is -2.28. The van der Waals surface area contributed by atoms with Crippen LogP contribution in [-0.4, -0.2) is 23.4 Å². The van der Waals surface area contributed by atoms with Crippen LogP contribution < -0.4 is 0 Å². The van der Waals surface area contributed by atoms with E-state index in [4.69, 9.17) is 4.74 Å². The topological polar surface area (TPSA) is 29.5 Å². The molecule has 1 N–H and O–H groups in total. The highest BCUT2D eigenvalue weighted by atomic mass is 16.5. The summed E-state index contributed by atoms with van der Waals surface area (Å²) in [6.07, 6.45) is 13.4. The quantitative estimate of drug-likeness (QED) is 0.682. The molecule has 0 bridgehead atoms. The highest BCUT2D eigenvalue weighted by Gasteiger charge is 2.22. The van der Waals surface area contributed by atoms with E-state index in [9.17, 15) is 5.11 Å². The number of hydrogen-bond donors (Lipinski definition) is 1. The molecule has 1 aliphatic carbocycles. The van der Waals surface area contributed by atoms with E-state index in [2.05, 4.69) is 13.8 Å². The van der Waals surface area contributed by atoms with E-state index in [1.165, 1.54) is 44.9 Å². The van der Waals surface area contributed by atoms with Crippen molar-refractivity contribution in [2.24, 2.45) is 0 Å². The van der Waals surface area contributed by atoms with Gasteiger partial charge in [0, 0.05) is 0 Å². The van der Waals surface area contributed by atoms with Crippen molar-refractivity contribution in [1.82, 2.24) is 0 Å². The fourth-order valence-corrected chi connectivity index (χ4v) is 2.81. The van der Waals surface area contributed by atoms with Crippen LogP contribution in [0.2, 0.25) is 0 Å². The lowest BCUT2D eigenvalue weighted by molar-refractivity contribution is -0.0829. The second kappa shape index (κ2) is 9.80. The molecule has 0 amide bonds. The van der Waals surface area contributed by atoms with Gasteiger partial charge in [0.1, 0.15) is 0 Å². The van der Waals surface area contributed by atoms with Crippen LogP contribution in [0.25, 0.3) is 0 Å². The molecule has 2 heteroatoms. The second-order valence-corrected chi connectivity index (χ2v) is 5.89. The number of rotatable bonds is 7. The van der Waals surface area contributed by atoms with E-state index < -0.39 is 0 Å². The van der Waals surface area contributed by atoms with Gasteiger partial charge in [-0.1, -0.05) is 58.3 Å². The van der Waals surface area contributed by atoms with Gasteiger partial charge in [0.25, 0.3) is 0 Å². The molecular weight excluding hydrogens is 224 g/mol. The smallest absolute Gasteiger partial charge is 0.0837 e. The Bertz CT molecular complexity index is 194. The summed E-state index contributed by atoms with van der Waals surface area (Å²) in [5, 5.41) is 10.1. The van der Waals surface area contributed by atoms with Crippen molar-refractivity contribution in [3.63, 3.8) is 0 Å². The maximum Gasteiger partial charge on any atom is 0.0837 e. The first-order valence-corrected chi connectivity index (χ1v) is 8.07. The van der Waals surface area contributed by atoms with Gasteiger partial charge in [-0.3, -0.25) is 0 Å². The lowest BCUT2D eigenvalue weighted by Crippen LogP contribution is -2.33.